The molecule has 1 aromatic heterocycles. The fraction of sp³-hybridized carbons (Fsp3) is 0.353. The first-order valence-corrected chi connectivity index (χ1v) is 7.32. The van der Waals surface area contributed by atoms with Crippen molar-refractivity contribution < 1.29 is 14.3 Å². The van der Waals surface area contributed by atoms with Crippen LogP contribution in [0.15, 0.2) is 28.7 Å². The maximum absolute atomic E-state index is 12.1. The number of carbonyl (C=O) groups excluding carboxylic acids is 1. The maximum Gasteiger partial charge on any atom is 0.251 e. The zero-order valence-electron chi connectivity index (χ0n) is 13.4. The summed E-state index contributed by atoms with van der Waals surface area (Å²) in [5.74, 6) is 6.21. The smallest absolute Gasteiger partial charge is 0.251 e. The standard InChI is InChI=1S/C17H19N3O3/c1-4-14-19-20-15(23-14)11-18-16(21)13-7-5-6-12(10-13)8-9-17(2,3)22/h5-7,10,22H,4,11H2,1-3H3,(H,18,21). The van der Waals surface area contributed by atoms with Crippen LogP contribution in [0.4, 0.5) is 0 Å². The first-order chi connectivity index (χ1) is 10.9. The number of carbonyl (C=O) groups is 1. The first kappa shape index (κ1) is 16.7. The van der Waals surface area contributed by atoms with E-state index in [0.29, 0.717) is 29.3 Å². The van der Waals surface area contributed by atoms with Crippen molar-refractivity contribution in [2.45, 2.75) is 39.3 Å². The summed E-state index contributed by atoms with van der Waals surface area (Å²) < 4.78 is 5.33. The molecule has 0 atom stereocenters. The highest BCUT2D eigenvalue weighted by molar-refractivity contribution is 5.94. The summed E-state index contributed by atoms with van der Waals surface area (Å²) in [6.45, 7) is 5.29. The summed E-state index contributed by atoms with van der Waals surface area (Å²) >= 11 is 0. The summed E-state index contributed by atoms with van der Waals surface area (Å²) in [6, 6.07) is 6.88. The number of aryl methyl sites for hydroxylation is 1. The van der Waals surface area contributed by atoms with E-state index in [1.807, 2.05) is 6.92 Å². The molecule has 6 nitrogen and oxygen atoms in total. The molecule has 0 aliphatic heterocycles. The molecule has 2 rings (SSSR count). The van der Waals surface area contributed by atoms with Gasteiger partial charge in [-0.2, -0.15) is 0 Å². The first-order valence-electron chi connectivity index (χ1n) is 7.32. The monoisotopic (exact) mass is 313 g/mol. The number of hydrogen-bond acceptors (Lipinski definition) is 5. The Bertz CT molecular complexity index is 748. The van der Waals surface area contributed by atoms with E-state index < -0.39 is 5.60 Å². The second-order valence-electron chi connectivity index (χ2n) is 5.52. The van der Waals surface area contributed by atoms with E-state index >= 15 is 0 Å². The van der Waals surface area contributed by atoms with Crippen molar-refractivity contribution in [1.82, 2.24) is 15.5 Å². The average molecular weight is 313 g/mol. The molecule has 0 radical (unpaired) electrons. The van der Waals surface area contributed by atoms with Gasteiger partial charge in [-0.25, -0.2) is 0 Å². The van der Waals surface area contributed by atoms with Crippen LogP contribution in [-0.4, -0.2) is 26.8 Å². The minimum Gasteiger partial charge on any atom is -0.423 e. The molecule has 2 aromatic rings. The highest BCUT2D eigenvalue weighted by Crippen LogP contribution is 2.06. The quantitative estimate of drug-likeness (QED) is 0.839. The van der Waals surface area contributed by atoms with Crippen LogP contribution < -0.4 is 5.32 Å². The van der Waals surface area contributed by atoms with Gasteiger partial charge in [-0.1, -0.05) is 24.8 Å². The normalized spacial score (nSPS) is 10.8. The van der Waals surface area contributed by atoms with Gasteiger partial charge in [-0.15, -0.1) is 10.2 Å². The molecule has 1 aromatic carbocycles. The fourth-order valence-electron chi connectivity index (χ4n) is 1.72. The largest absolute Gasteiger partial charge is 0.423 e. The van der Waals surface area contributed by atoms with Crippen LogP contribution in [0.5, 0.6) is 0 Å². The van der Waals surface area contributed by atoms with Crippen LogP contribution in [0.1, 0.15) is 48.5 Å². The molecule has 0 unspecified atom stereocenters. The number of nitrogens with zero attached hydrogens (tertiary/aromatic N) is 2. The number of hydrogen-bond donors (Lipinski definition) is 2. The van der Waals surface area contributed by atoms with Gasteiger partial charge in [0.15, 0.2) is 0 Å². The molecule has 0 aliphatic rings. The van der Waals surface area contributed by atoms with Gasteiger partial charge in [0.25, 0.3) is 5.91 Å². The van der Waals surface area contributed by atoms with Crippen LogP contribution in [0.2, 0.25) is 0 Å². The Morgan fingerprint density at radius 3 is 2.74 bits per heavy atom. The molecule has 1 amide bonds. The second kappa shape index (κ2) is 7.07. The summed E-state index contributed by atoms with van der Waals surface area (Å²) in [7, 11) is 0. The van der Waals surface area contributed by atoms with Crippen LogP contribution in [0, 0.1) is 11.8 Å². The van der Waals surface area contributed by atoms with Gasteiger partial charge in [-0.3, -0.25) is 4.79 Å². The fourth-order valence-corrected chi connectivity index (χ4v) is 1.72. The predicted molar refractivity (Wildman–Crippen MR) is 84.5 cm³/mol. The van der Waals surface area contributed by atoms with Crippen molar-refractivity contribution in [3.05, 3.63) is 47.2 Å². The summed E-state index contributed by atoms with van der Waals surface area (Å²) in [6.07, 6.45) is 0.656. The van der Waals surface area contributed by atoms with Gasteiger partial charge < -0.3 is 14.8 Å². The molecule has 23 heavy (non-hydrogen) atoms. The molecule has 0 saturated carbocycles. The van der Waals surface area contributed by atoms with Crippen LogP contribution in [0.25, 0.3) is 0 Å². The van der Waals surface area contributed by atoms with Gasteiger partial charge in [0.2, 0.25) is 11.8 Å². The van der Waals surface area contributed by atoms with E-state index in [2.05, 4.69) is 27.4 Å². The number of aliphatic hydroxyl groups is 1. The number of aromatic nitrogens is 2. The van der Waals surface area contributed by atoms with Gasteiger partial charge in [0.1, 0.15) is 5.60 Å². The average Bonchev–Trinajstić information content (AvgIpc) is 2.98. The van der Waals surface area contributed by atoms with E-state index in [1.165, 1.54) is 0 Å². The molecular weight excluding hydrogens is 294 g/mol. The summed E-state index contributed by atoms with van der Waals surface area (Å²) in [5, 5.41) is 20.0. The minimum absolute atomic E-state index is 0.172. The highest BCUT2D eigenvalue weighted by Gasteiger charge is 2.10. The van der Waals surface area contributed by atoms with E-state index in [0.717, 1.165) is 0 Å². The zero-order chi connectivity index (χ0) is 16.9. The number of rotatable bonds is 4. The number of nitrogens with one attached hydrogen (secondary N) is 1. The third-order valence-corrected chi connectivity index (χ3v) is 2.85. The third kappa shape index (κ3) is 5.24. The lowest BCUT2D eigenvalue weighted by Gasteiger charge is -2.06. The molecule has 2 N–H and O–H groups in total. The Hall–Kier alpha value is -2.65. The molecule has 0 spiro atoms. The van der Waals surface area contributed by atoms with Crippen molar-refractivity contribution in [2.24, 2.45) is 0 Å². The molecular formula is C17H19N3O3. The molecule has 0 aliphatic carbocycles. The Labute approximate surface area is 134 Å². The van der Waals surface area contributed by atoms with Crippen LogP contribution >= 0.6 is 0 Å². The highest BCUT2D eigenvalue weighted by atomic mass is 16.4. The van der Waals surface area contributed by atoms with E-state index in [4.69, 9.17) is 4.42 Å². The number of benzene rings is 1. The van der Waals surface area contributed by atoms with Gasteiger partial charge in [-0.05, 0) is 32.0 Å². The van der Waals surface area contributed by atoms with Gasteiger partial charge in [0.05, 0.1) is 6.54 Å². The van der Waals surface area contributed by atoms with Gasteiger partial charge in [0, 0.05) is 17.5 Å². The van der Waals surface area contributed by atoms with E-state index in [9.17, 15) is 9.90 Å². The topological polar surface area (TPSA) is 88.2 Å². The van der Waals surface area contributed by atoms with Crippen LogP contribution in [-0.2, 0) is 13.0 Å². The lowest BCUT2D eigenvalue weighted by atomic mass is 10.1. The third-order valence-electron chi connectivity index (χ3n) is 2.85. The number of amides is 1. The Morgan fingerprint density at radius 1 is 1.35 bits per heavy atom. The van der Waals surface area contributed by atoms with Crippen molar-refractivity contribution in [3.8, 4) is 11.8 Å². The Morgan fingerprint density at radius 2 is 2.09 bits per heavy atom. The molecule has 0 bridgehead atoms. The van der Waals surface area contributed by atoms with Crippen molar-refractivity contribution in [1.29, 1.82) is 0 Å². The molecule has 1 heterocycles. The Balaban J connectivity index is 2.03. The van der Waals surface area contributed by atoms with Crippen LogP contribution in [0.3, 0.4) is 0 Å². The summed E-state index contributed by atoms with van der Waals surface area (Å²) in [5.41, 5.74) is 0.0568. The molecule has 120 valence electrons. The van der Waals surface area contributed by atoms with Crippen molar-refractivity contribution in [3.63, 3.8) is 0 Å². The summed E-state index contributed by atoms with van der Waals surface area (Å²) in [4.78, 5) is 12.1. The molecule has 6 heteroatoms. The van der Waals surface area contributed by atoms with Crippen molar-refractivity contribution >= 4 is 5.91 Å². The lowest BCUT2D eigenvalue weighted by molar-refractivity contribution is 0.0947. The van der Waals surface area contributed by atoms with Gasteiger partial charge >= 0.3 is 0 Å². The zero-order valence-corrected chi connectivity index (χ0v) is 13.4. The van der Waals surface area contributed by atoms with E-state index in [1.54, 1.807) is 38.1 Å². The van der Waals surface area contributed by atoms with E-state index in [-0.39, 0.29) is 12.5 Å². The van der Waals surface area contributed by atoms with Crippen molar-refractivity contribution in [2.75, 3.05) is 0 Å². The maximum atomic E-state index is 12.1. The Kier molecular flexibility index (Phi) is 5.14. The lowest BCUT2D eigenvalue weighted by Crippen LogP contribution is -2.23. The SMILES string of the molecule is CCc1nnc(CNC(=O)c2cccc(C#CC(C)(C)O)c2)o1. The minimum atomic E-state index is -1.08. The predicted octanol–water partition coefficient (Wildman–Crippen LogP) is 1.68. The molecule has 0 saturated heterocycles. The second-order valence-corrected chi connectivity index (χ2v) is 5.52. The molecule has 0 fully saturated rings.